The van der Waals surface area contributed by atoms with Gasteiger partial charge in [0.25, 0.3) is 0 Å². The molecule has 7 heteroatoms. The first-order valence-corrected chi connectivity index (χ1v) is 8.77. The zero-order valence-corrected chi connectivity index (χ0v) is 13.0. The molecule has 1 fully saturated rings. The lowest BCUT2D eigenvalue weighted by Crippen LogP contribution is -2.42. The Morgan fingerprint density at radius 3 is 2.86 bits per heavy atom. The van der Waals surface area contributed by atoms with Gasteiger partial charge in [-0.25, -0.2) is 8.42 Å². The lowest BCUT2D eigenvalue weighted by molar-refractivity contribution is 0.271. The summed E-state index contributed by atoms with van der Waals surface area (Å²) in [4.78, 5) is 0.254. The third kappa shape index (κ3) is 2.79. The molecule has 0 bridgehead atoms. The van der Waals surface area contributed by atoms with Gasteiger partial charge < -0.3 is 10.3 Å². The van der Waals surface area contributed by atoms with E-state index in [0.29, 0.717) is 31.0 Å². The Hall–Kier alpha value is -1.70. The second kappa shape index (κ2) is 6.20. The van der Waals surface area contributed by atoms with Gasteiger partial charge >= 0.3 is 0 Å². The van der Waals surface area contributed by atoms with E-state index >= 15 is 0 Å². The maximum absolute atomic E-state index is 13.0. The molecule has 1 atom stereocenters. The van der Waals surface area contributed by atoms with Gasteiger partial charge in [0.2, 0.25) is 10.0 Å². The summed E-state index contributed by atoms with van der Waals surface area (Å²) in [6.07, 6.45) is 3.32. The molecule has 1 aliphatic rings. The van der Waals surface area contributed by atoms with Gasteiger partial charge in [0.1, 0.15) is 0 Å². The van der Waals surface area contributed by atoms with Crippen molar-refractivity contribution in [2.75, 3.05) is 19.6 Å². The molecule has 1 aliphatic heterocycles. The topological polar surface area (TPSA) is 89.4 Å². The van der Waals surface area contributed by atoms with Crippen molar-refractivity contribution < 1.29 is 12.9 Å². The first-order chi connectivity index (χ1) is 10.6. The van der Waals surface area contributed by atoms with E-state index in [1.54, 1.807) is 30.3 Å². The van der Waals surface area contributed by atoms with Crippen LogP contribution in [0, 0.1) is 5.92 Å². The van der Waals surface area contributed by atoms with Gasteiger partial charge in [0, 0.05) is 24.7 Å². The van der Waals surface area contributed by atoms with E-state index in [4.69, 9.17) is 10.3 Å². The molecule has 2 heterocycles. The van der Waals surface area contributed by atoms with Crippen LogP contribution in [0.3, 0.4) is 0 Å². The summed E-state index contributed by atoms with van der Waals surface area (Å²) in [6, 6.07) is 8.51. The van der Waals surface area contributed by atoms with E-state index in [2.05, 4.69) is 5.16 Å². The predicted octanol–water partition coefficient (Wildman–Crippen LogP) is 1.70. The van der Waals surface area contributed by atoms with Crippen LogP contribution in [0.15, 0.2) is 45.9 Å². The molecule has 2 N–H and O–H groups in total. The number of nitrogens with zero attached hydrogens (tertiary/aromatic N) is 2. The monoisotopic (exact) mass is 321 g/mol. The average molecular weight is 321 g/mol. The number of benzene rings is 1. The Labute approximate surface area is 129 Å². The van der Waals surface area contributed by atoms with Crippen molar-refractivity contribution in [3.63, 3.8) is 0 Å². The number of aromatic nitrogens is 1. The van der Waals surface area contributed by atoms with Crippen molar-refractivity contribution in [1.29, 1.82) is 0 Å². The van der Waals surface area contributed by atoms with Gasteiger partial charge in [-0.1, -0.05) is 17.3 Å². The largest absolute Gasteiger partial charge is 0.356 e. The highest BCUT2D eigenvalue weighted by Crippen LogP contribution is 2.31. The minimum atomic E-state index is -3.57. The van der Waals surface area contributed by atoms with E-state index in [9.17, 15) is 8.42 Å². The van der Waals surface area contributed by atoms with Crippen molar-refractivity contribution in [1.82, 2.24) is 9.46 Å². The molecule has 0 radical (unpaired) electrons. The van der Waals surface area contributed by atoms with E-state index < -0.39 is 10.0 Å². The second-order valence-corrected chi connectivity index (χ2v) is 7.39. The lowest BCUT2D eigenvalue weighted by atomic mass is 10.0. The zero-order chi connectivity index (χ0) is 15.6. The van der Waals surface area contributed by atoms with Crippen LogP contribution in [0.25, 0.3) is 11.3 Å². The van der Waals surface area contributed by atoms with E-state index in [0.717, 1.165) is 12.8 Å². The summed E-state index contributed by atoms with van der Waals surface area (Å²) in [5.74, 6) is 0.674. The fraction of sp³-hybridized carbons (Fsp3) is 0.400. The third-order valence-corrected chi connectivity index (χ3v) is 5.95. The molecule has 22 heavy (non-hydrogen) atoms. The van der Waals surface area contributed by atoms with E-state index in [-0.39, 0.29) is 10.8 Å². The molecule has 1 aromatic carbocycles. The maximum atomic E-state index is 13.0. The van der Waals surface area contributed by atoms with Crippen LogP contribution in [-0.2, 0) is 10.0 Å². The molecule has 3 rings (SSSR count). The fourth-order valence-electron chi connectivity index (χ4n) is 2.83. The van der Waals surface area contributed by atoms with Crippen LogP contribution in [0.4, 0.5) is 0 Å². The van der Waals surface area contributed by atoms with Gasteiger partial charge in [-0.15, -0.1) is 0 Å². The molecule has 0 aliphatic carbocycles. The van der Waals surface area contributed by atoms with Crippen molar-refractivity contribution in [3.8, 4) is 11.3 Å². The molecule has 2 aromatic rings. The van der Waals surface area contributed by atoms with Gasteiger partial charge in [0.05, 0.1) is 11.1 Å². The molecule has 6 nitrogen and oxygen atoms in total. The Morgan fingerprint density at radius 2 is 2.14 bits per heavy atom. The van der Waals surface area contributed by atoms with Crippen LogP contribution < -0.4 is 5.73 Å². The number of rotatable bonds is 4. The first-order valence-electron chi connectivity index (χ1n) is 7.33. The SMILES string of the molecule is NCC1CCCN(S(=O)(=O)c2ccccc2-c2ccno2)C1. The third-order valence-electron chi connectivity index (χ3n) is 4.02. The molecule has 118 valence electrons. The Morgan fingerprint density at radius 1 is 1.32 bits per heavy atom. The van der Waals surface area contributed by atoms with Crippen LogP contribution in [0.2, 0.25) is 0 Å². The number of hydrogen-bond acceptors (Lipinski definition) is 5. The highest BCUT2D eigenvalue weighted by molar-refractivity contribution is 7.89. The van der Waals surface area contributed by atoms with Gasteiger partial charge in [0.15, 0.2) is 5.76 Å². The lowest BCUT2D eigenvalue weighted by Gasteiger charge is -2.31. The quantitative estimate of drug-likeness (QED) is 0.926. The molecule has 0 saturated carbocycles. The average Bonchev–Trinajstić information content (AvgIpc) is 3.09. The van der Waals surface area contributed by atoms with Crippen molar-refractivity contribution in [3.05, 3.63) is 36.5 Å². The van der Waals surface area contributed by atoms with Gasteiger partial charge in [-0.05, 0) is 37.4 Å². The van der Waals surface area contributed by atoms with Gasteiger partial charge in [-0.2, -0.15) is 4.31 Å². The van der Waals surface area contributed by atoms with Crippen molar-refractivity contribution >= 4 is 10.0 Å². The molecule has 1 aromatic heterocycles. The molecule has 0 spiro atoms. The molecule has 1 unspecified atom stereocenters. The first kappa shape index (κ1) is 15.2. The highest BCUT2D eigenvalue weighted by Gasteiger charge is 2.31. The summed E-state index contributed by atoms with van der Waals surface area (Å²) in [6.45, 7) is 1.52. The fourth-order valence-corrected chi connectivity index (χ4v) is 4.58. The Kier molecular flexibility index (Phi) is 4.28. The zero-order valence-electron chi connectivity index (χ0n) is 12.2. The minimum absolute atomic E-state index is 0.223. The number of piperidine rings is 1. The summed E-state index contributed by atoms with van der Waals surface area (Å²) >= 11 is 0. The predicted molar refractivity (Wildman–Crippen MR) is 82.5 cm³/mol. The normalized spacial score (nSPS) is 20.1. The van der Waals surface area contributed by atoms with Gasteiger partial charge in [-0.3, -0.25) is 0 Å². The summed E-state index contributed by atoms with van der Waals surface area (Å²) in [5.41, 5.74) is 6.25. The Bertz CT molecular complexity index is 728. The van der Waals surface area contributed by atoms with E-state index in [1.165, 1.54) is 10.5 Å². The van der Waals surface area contributed by atoms with Crippen LogP contribution in [0.1, 0.15) is 12.8 Å². The second-order valence-electron chi connectivity index (χ2n) is 5.48. The van der Waals surface area contributed by atoms with E-state index in [1.807, 2.05) is 0 Å². The Balaban J connectivity index is 1.99. The number of nitrogens with two attached hydrogens (primary N) is 1. The molecule has 1 saturated heterocycles. The smallest absolute Gasteiger partial charge is 0.243 e. The van der Waals surface area contributed by atoms with Crippen molar-refractivity contribution in [2.24, 2.45) is 11.7 Å². The number of hydrogen-bond donors (Lipinski definition) is 1. The van der Waals surface area contributed by atoms with Crippen LogP contribution in [-0.4, -0.2) is 37.5 Å². The van der Waals surface area contributed by atoms with Crippen molar-refractivity contribution in [2.45, 2.75) is 17.7 Å². The standard InChI is InChI=1S/C15H19N3O3S/c16-10-12-4-3-9-18(11-12)22(19,20)15-6-2-1-5-13(15)14-7-8-17-21-14/h1-2,5-8,12H,3-4,9-11,16H2. The summed E-state index contributed by atoms with van der Waals surface area (Å²) < 4.78 is 32.6. The van der Waals surface area contributed by atoms with Crippen LogP contribution in [0.5, 0.6) is 0 Å². The maximum Gasteiger partial charge on any atom is 0.243 e. The van der Waals surface area contributed by atoms with Crippen LogP contribution >= 0.6 is 0 Å². The highest BCUT2D eigenvalue weighted by atomic mass is 32.2. The summed E-state index contributed by atoms with van der Waals surface area (Å²) in [7, 11) is -3.57. The minimum Gasteiger partial charge on any atom is -0.356 e. The number of sulfonamides is 1. The molecule has 0 amide bonds. The molecular formula is C15H19N3O3S. The summed E-state index contributed by atoms with van der Waals surface area (Å²) in [5, 5.41) is 3.66. The molecular weight excluding hydrogens is 302 g/mol.